The van der Waals surface area contributed by atoms with E-state index >= 15 is 0 Å². The Kier molecular flexibility index (Phi) is 6.98. The van der Waals surface area contributed by atoms with Gasteiger partial charge in [-0.05, 0) is 42.5 Å². The number of carbonyl (C=O) groups is 1. The fraction of sp³-hybridized carbons (Fsp3) is 0.263. The normalized spacial score (nSPS) is 11.3. The Morgan fingerprint density at radius 1 is 1.12 bits per heavy atom. The number of nitrogens with two attached hydrogens (primary N) is 1. The molecule has 0 aliphatic rings. The number of hydrazine groups is 1. The molecule has 0 atom stereocenters. The highest BCUT2D eigenvalue weighted by Gasteiger charge is 2.03. The molecule has 2 aromatic carbocycles. The number of amidine groups is 1. The van der Waals surface area contributed by atoms with Gasteiger partial charge in [-0.3, -0.25) is 4.99 Å². The van der Waals surface area contributed by atoms with E-state index in [1.807, 2.05) is 36.4 Å². The highest BCUT2D eigenvalue weighted by atomic mass is 16.3. The van der Waals surface area contributed by atoms with Crippen LogP contribution in [-0.4, -0.2) is 23.8 Å². The molecule has 0 aliphatic carbocycles. The van der Waals surface area contributed by atoms with E-state index in [0.717, 1.165) is 42.2 Å². The van der Waals surface area contributed by atoms with Crippen molar-refractivity contribution in [2.45, 2.75) is 25.7 Å². The number of aromatic hydroxyl groups is 1. The number of hydrogen-bond acceptors (Lipinski definition) is 4. The molecule has 0 bridgehead atoms. The van der Waals surface area contributed by atoms with Gasteiger partial charge in [-0.1, -0.05) is 36.4 Å². The molecule has 2 aromatic rings. The molecule has 126 valence electrons. The van der Waals surface area contributed by atoms with E-state index in [1.165, 1.54) is 0 Å². The zero-order valence-electron chi connectivity index (χ0n) is 13.6. The van der Waals surface area contributed by atoms with E-state index in [2.05, 4.69) is 10.4 Å². The first-order chi connectivity index (χ1) is 11.7. The maximum absolute atomic E-state index is 10.3. The largest absolute Gasteiger partial charge is 0.508 e. The zero-order chi connectivity index (χ0) is 17.2. The quantitative estimate of drug-likeness (QED) is 0.174. The number of nitrogens with zero attached hydrogens (tertiary/aromatic N) is 1. The monoisotopic (exact) mass is 325 g/mol. The van der Waals surface area contributed by atoms with Crippen LogP contribution in [0.4, 0.5) is 0 Å². The molecule has 0 saturated heterocycles. The predicted octanol–water partition coefficient (Wildman–Crippen LogP) is 2.56. The Morgan fingerprint density at radius 2 is 1.92 bits per heavy atom. The number of benzene rings is 2. The van der Waals surface area contributed by atoms with Crippen molar-refractivity contribution in [3.63, 3.8) is 0 Å². The first-order valence-electron chi connectivity index (χ1n) is 8.05. The Morgan fingerprint density at radius 3 is 2.58 bits per heavy atom. The van der Waals surface area contributed by atoms with Crippen molar-refractivity contribution in [3.05, 3.63) is 65.2 Å². The summed E-state index contributed by atoms with van der Waals surface area (Å²) in [7, 11) is 0. The van der Waals surface area contributed by atoms with Crippen LogP contribution >= 0.6 is 0 Å². The number of hydrogen-bond donors (Lipinski definition) is 3. The van der Waals surface area contributed by atoms with Gasteiger partial charge in [-0.15, -0.1) is 0 Å². The van der Waals surface area contributed by atoms with Crippen molar-refractivity contribution in [2.24, 2.45) is 10.8 Å². The fourth-order valence-electron chi connectivity index (χ4n) is 2.43. The number of nitrogens with one attached hydrogen (secondary N) is 1. The van der Waals surface area contributed by atoms with E-state index in [9.17, 15) is 9.90 Å². The molecular weight excluding hydrogens is 302 g/mol. The SMILES string of the molecule is NNC(=NCCCCC=O)c1ccc(Cc2cccc(O)c2)cc1. The lowest BCUT2D eigenvalue weighted by molar-refractivity contribution is -0.107. The van der Waals surface area contributed by atoms with Crippen LogP contribution in [0.2, 0.25) is 0 Å². The molecule has 5 nitrogen and oxygen atoms in total. The zero-order valence-corrected chi connectivity index (χ0v) is 13.6. The van der Waals surface area contributed by atoms with E-state index < -0.39 is 0 Å². The first kappa shape index (κ1) is 17.7. The Balaban J connectivity index is 1.98. The molecule has 0 amide bonds. The van der Waals surface area contributed by atoms with Crippen molar-refractivity contribution in [1.82, 2.24) is 5.43 Å². The molecule has 0 radical (unpaired) electrons. The maximum atomic E-state index is 10.3. The third-order valence-electron chi connectivity index (χ3n) is 3.68. The summed E-state index contributed by atoms with van der Waals surface area (Å²) in [6.07, 6.45) is 3.96. The summed E-state index contributed by atoms with van der Waals surface area (Å²) in [6, 6.07) is 15.3. The van der Waals surface area contributed by atoms with E-state index in [4.69, 9.17) is 5.84 Å². The lowest BCUT2D eigenvalue weighted by Gasteiger charge is -2.08. The van der Waals surface area contributed by atoms with Crippen LogP contribution in [0.25, 0.3) is 0 Å². The summed E-state index contributed by atoms with van der Waals surface area (Å²) in [4.78, 5) is 14.7. The van der Waals surface area contributed by atoms with Crippen molar-refractivity contribution in [3.8, 4) is 5.75 Å². The Labute approximate surface area is 142 Å². The van der Waals surface area contributed by atoms with Gasteiger partial charge in [0.05, 0.1) is 0 Å². The standard InChI is InChI=1S/C19H23N3O2/c20-22-19(21-11-2-1-3-12-23)17-9-7-15(8-10-17)13-16-5-4-6-18(24)14-16/h4-10,12,14,24H,1-3,11,13,20H2,(H,21,22). The molecular formula is C19H23N3O2. The van der Waals surface area contributed by atoms with Crippen molar-refractivity contribution >= 4 is 12.1 Å². The van der Waals surface area contributed by atoms with E-state index in [-0.39, 0.29) is 5.75 Å². The summed E-state index contributed by atoms with van der Waals surface area (Å²) >= 11 is 0. The van der Waals surface area contributed by atoms with Crippen LogP contribution in [0.5, 0.6) is 5.75 Å². The third kappa shape index (κ3) is 5.52. The molecule has 0 heterocycles. The summed E-state index contributed by atoms with van der Waals surface area (Å²) in [5.74, 6) is 6.48. The van der Waals surface area contributed by atoms with Gasteiger partial charge >= 0.3 is 0 Å². The highest BCUT2D eigenvalue weighted by Crippen LogP contribution is 2.15. The van der Waals surface area contributed by atoms with Crippen molar-refractivity contribution < 1.29 is 9.90 Å². The third-order valence-corrected chi connectivity index (χ3v) is 3.68. The van der Waals surface area contributed by atoms with Crippen molar-refractivity contribution in [2.75, 3.05) is 6.54 Å². The van der Waals surface area contributed by atoms with Gasteiger partial charge in [0.2, 0.25) is 0 Å². The number of rotatable bonds is 8. The smallest absolute Gasteiger partial charge is 0.142 e. The molecule has 0 unspecified atom stereocenters. The van der Waals surface area contributed by atoms with Gasteiger partial charge in [-0.2, -0.15) is 0 Å². The van der Waals surface area contributed by atoms with Gasteiger partial charge < -0.3 is 15.3 Å². The highest BCUT2D eigenvalue weighted by molar-refractivity contribution is 5.98. The summed E-state index contributed by atoms with van der Waals surface area (Å²) in [6.45, 7) is 0.637. The lowest BCUT2D eigenvalue weighted by atomic mass is 10.0. The minimum absolute atomic E-state index is 0.278. The number of carbonyl (C=O) groups excluding carboxylic acids is 1. The molecule has 0 aliphatic heterocycles. The fourth-order valence-corrected chi connectivity index (χ4v) is 2.43. The van der Waals surface area contributed by atoms with Crippen LogP contribution < -0.4 is 11.3 Å². The molecule has 0 fully saturated rings. The molecule has 4 N–H and O–H groups in total. The molecule has 5 heteroatoms. The number of aliphatic imine (C=N–C) groups is 1. The van der Waals surface area contributed by atoms with Crippen LogP contribution in [-0.2, 0) is 11.2 Å². The average molecular weight is 325 g/mol. The van der Waals surface area contributed by atoms with E-state index in [0.29, 0.717) is 18.8 Å². The Hall–Kier alpha value is -2.66. The first-order valence-corrected chi connectivity index (χ1v) is 8.05. The molecule has 24 heavy (non-hydrogen) atoms. The maximum Gasteiger partial charge on any atom is 0.142 e. The molecule has 0 spiro atoms. The molecule has 0 saturated carbocycles. The second kappa shape index (κ2) is 9.47. The van der Waals surface area contributed by atoms with Crippen LogP contribution in [0.1, 0.15) is 36.0 Å². The Bertz CT molecular complexity index is 681. The minimum atomic E-state index is 0.278. The van der Waals surface area contributed by atoms with Crippen molar-refractivity contribution in [1.29, 1.82) is 0 Å². The van der Waals surface area contributed by atoms with Gasteiger partial charge in [0.15, 0.2) is 0 Å². The van der Waals surface area contributed by atoms with Crippen LogP contribution in [0.15, 0.2) is 53.5 Å². The summed E-state index contributed by atoms with van der Waals surface area (Å²) < 4.78 is 0. The van der Waals surface area contributed by atoms with Gasteiger partial charge in [0, 0.05) is 18.5 Å². The van der Waals surface area contributed by atoms with Crippen LogP contribution in [0.3, 0.4) is 0 Å². The second-order valence-corrected chi connectivity index (χ2v) is 5.58. The molecule has 0 aromatic heterocycles. The number of phenols is 1. The number of unbranched alkanes of at least 4 members (excludes halogenated alkanes) is 2. The molecule has 2 rings (SSSR count). The van der Waals surface area contributed by atoms with Gasteiger partial charge in [0.1, 0.15) is 17.9 Å². The number of phenolic OH excluding ortho intramolecular Hbond substituents is 1. The average Bonchev–Trinajstić information content (AvgIpc) is 2.59. The van der Waals surface area contributed by atoms with E-state index in [1.54, 1.807) is 12.1 Å². The van der Waals surface area contributed by atoms with Crippen LogP contribution in [0, 0.1) is 0 Å². The summed E-state index contributed by atoms with van der Waals surface area (Å²) in [5, 5.41) is 9.52. The lowest BCUT2D eigenvalue weighted by Crippen LogP contribution is -2.31. The predicted molar refractivity (Wildman–Crippen MR) is 96.0 cm³/mol. The van der Waals surface area contributed by atoms with Gasteiger partial charge in [-0.25, -0.2) is 5.84 Å². The second-order valence-electron chi connectivity index (χ2n) is 5.58. The summed E-state index contributed by atoms with van der Waals surface area (Å²) in [5.41, 5.74) is 5.76. The number of aldehydes is 1. The topological polar surface area (TPSA) is 87.7 Å². The van der Waals surface area contributed by atoms with Gasteiger partial charge in [0.25, 0.3) is 0 Å². The minimum Gasteiger partial charge on any atom is -0.508 e.